The minimum atomic E-state index is -0.256. The molecule has 0 radical (unpaired) electrons. The number of nitrogens with zero attached hydrogens (tertiary/aromatic N) is 4. The van der Waals surface area contributed by atoms with Crippen LogP contribution in [-0.4, -0.2) is 20.7 Å². The van der Waals surface area contributed by atoms with E-state index >= 15 is 0 Å². The van der Waals surface area contributed by atoms with Crippen LogP contribution in [0.4, 0.5) is 5.69 Å². The lowest BCUT2D eigenvalue weighted by Gasteiger charge is -2.31. The summed E-state index contributed by atoms with van der Waals surface area (Å²) in [6.45, 7) is 5.86. The number of aromatic nitrogens is 3. The van der Waals surface area contributed by atoms with Crippen LogP contribution in [0.1, 0.15) is 72.0 Å². The average Bonchev–Trinajstić information content (AvgIpc) is 3.49. The van der Waals surface area contributed by atoms with Crippen LogP contribution in [0.2, 0.25) is 0 Å². The molecule has 1 aliphatic rings. The first-order chi connectivity index (χ1) is 21.0. The number of benzene rings is 3. The van der Waals surface area contributed by atoms with Gasteiger partial charge >= 0.3 is 0 Å². The maximum absolute atomic E-state index is 14.5. The van der Waals surface area contributed by atoms with E-state index < -0.39 is 0 Å². The molecule has 0 aliphatic heterocycles. The van der Waals surface area contributed by atoms with Crippen LogP contribution < -0.4 is 9.64 Å². The fourth-order valence-electron chi connectivity index (χ4n) is 5.85. The SMILES string of the molecule is CC(C)c1ccc(N(Cc2cnn(Cc3ccccc3)c2)C(=O)C2CCCc3c(OCc4ccccc4)cccc32)cn1. The van der Waals surface area contributed by atoms with Gasteiger partial charge in [0.1, 0.15) is 12.4 Å². The summed E-state index contributed by atoms with van der Waals surface area (Å²) in [4.78, 5) is 21.1. The van der Waals surface area contributed by atoms with Crippen molar-refractivity contribution >= 4 is 11.6 Å². The lowest BCUT2D eigenvalue weighted by atomic mass is 9.81. The van der Waals surface area contributed by atoms with Crippen molar-refractivity contribution in [2.45, 2.75) is 64.6 Å². The highest BCUT2D eigenvalue weighted by molar-refractivity contribution is 5.98. The van der Waals surface area contributed by atoms with E-state index in [1.807, 2.05) is 88.8 Å². The minimum absolute atomic E-state index is 0.0797. The van der Waals surface area contributed by atoms with Crippen LogP contribution in [0.5, 0.6) is 5.75 Å². The van der Waals surface area contributed by atoms with E-state index in [9.17, 15) is 4.79 Å². The van der Waals surface area contributed by atoms with Crippen molar-refractivity contribution in [3.63, 3.8) is 0 Å². The summed E-state index contributed by atoms with van der Waals surface area (Å²) in [5.41, 5.74) is 7.31. The highest BCUT2D eigenvalue weighted by Gasteiger charge is 2.32. The van der Waals surface area contributed by atoms with E-state index in [0.29, 0.717) is 25.6 Å². The van der Waals surface area contributed by atoms with Gasteiger partial charge in [0.25, 0.3) is 0 Å². The Bertz CT molecular complexity index is 1650. The molecule has 0 saturated heterocycles. The van der Waals surface area contributed by atoms with Crippen LogP contribution in [0.25, 0.3) is 0 Å². The van der Waals surface area contributed by atoms with Gasteiger partial charge in [-0.25, -0.2) is 0 Å². The van der Waals surface area contributed by atoms with Gasteiger partial charge in [-0.3, -0.25) is 14.5 Å². The Balaban J connectivity index is 1.27. The smallest absolute Gasteiger partial charge is 0.234 e. The zero-order valence-corrected chi connectivity index (χ0v) is 24.9. The first kappa shape index (κ1) is 28.4. The third kappa shape index (κ3) is 6.69. The monoisotopic (exact) mass is 570 g/mol. The summed E-state index contributed by atoms with van der Waals surface area (Å²) in [7, 11) is 0. The van der Waals surface area contributed by atoms with Crippen LogP contribution in [0.3, 0.4) is 0 Å². The van der Waals surface area contributed by atoms with Crippen molar-refractivity contribution in [1.29, 1.82) is 0 Å². The molecule has 1 unspecified atom stereocenters. The molecule has 2 heterocycles. The second kappa shape index (κ2) is 13.1. The van der Waals surface area contributed by atoms with Crippen LogP contribution in [0, 0.1) is 0 Å². The molecule has 0 spiro atoms. The molecule has 1 amide bonds. The molecule has 3 aromatic carbocycles. The molecule has 0 saturated carbocycles. The fraction of sp³-hybridized carbons (Fsp3) is 0.270. The molecular weight excluding hydrogens is 532 g/mol. The third-order valence-corrected chi connectivity index (χ3v) is 8.15. The number of rotatable bonds is 10. The first-order valence-electron chi connectivity index (χ1n) is 15.2. The molecule has 43 heavy (non-hydrogen) atoms. The van der Waals surface area contributed by atoms with E-state index in [1.165, 1.54) is 5.56 Å². The average molecular weight is 571 g/mol. The van der Waals surface area contributed by atoms with Gasteiger partial charge in [-0.2, -0.15) is 5.10 Å². The molecule has 6 nitrogen and oxygen atoms in total. The highest BCUT2D eigenvalue weighted by Crippen LogP contribution is 2.39. The van der Waals surface area contributed by atoms with E-state index in [1.54, 1.807) is 0 Å². The van der Waals surface area contributed by atoms with Gasteiger partial charge in [-0.15, -0.1) is 0 Å². The quantitative estimate of drug-likeness (QED) is 0.173. The molecular formula is C37H38N4O2. The number of hydrogen-bond donors (Lipinski definition) is 0. The zero-order chi connectivity index (χ0) is 29.6. The molecule has 1 aliphatic carbocycles. The van der Waals surface area contributed by atoms with Gasteiger partial charge in [-0.1, -0.05) is 86.6 Å². The van der Waals surface area contributed by atoms with E-state index in [2.05, 4.69) is 49.3 Å². The Morgan fingerprint density at radius 3 is 2.40 bits per heavy atom. The Morgan fingerprint density at radius 1 is 0.907 bits per heavy atom. The van der Waals surface area contributed by atoms with E-state index in [4.69, 9.17) is 9.72 Å². The second-order valence-electron chi connectivity index (χ2n) is 11.6. The molecule has 2 aromatic heterocycles. The van der Waals surface area contributed by atoms with Crippen molar-refractivity contribution < 1.29 is 9.53 Å². The van der Waals surface area contributed by atoms with Crippen LogP contribution in [-0.2, 0) is 30.9 Å². The summed E-state index contributed by atoms with van der Waals surface area (Å²) >= 11 is 0. The molecule has 5 aromatic rings. The number of carbonyl (C=O) groups excluding carboxylic acids is 1. The Morgan fingerprint density at radius 2 is 1.67 bits per heavy atom. The Kier molecular flexibility index (Phi) is 8.64. The van der Waals surface area contributed by atoms with Gasteiger partial charge in [0.2, 0.25) is 5.91 Å². The van der Waals surface area contributed by atoms with Crippen molar-refractivity contribution in [3.8, 4) is 5.75 Å². The summed E-state index contributed by atoms with van der Waals surface area (Å²) in [6.07, 6.45) is 8.38. The van der Waals surface area contributed by atoms with Crippen molar-refractivity contribution in [2.75, 3.05) is 4.90 Å². The lowest BCUT2D eigenvalue weighted by Crippen LogP contribution is -2.36. The van der Waals surface area contributed by atoms with Crippen molar-refractivity contribution in [1.82, 2.24) is 14.8 Å². The largest absolute Gasteiger partial charge is 0.489 e. The highest BCUT2D eigenvalue weighted by atomic mass is 16.5. The molecule has 6 heteroatoms. The van der Waals surface area contributed by atoms with Gasteiger partial charge in [0.05, 0.1) is 37.1 Å². The predicted octanol–water partition coefficient (Wildman–Crippen LogP) is 7.68. The Hall–Kier alpha value is -4.71. The molecule has 0 N–H and O–H groups in total. The van der Waals surface area contributed by atoms with Gasteiger partial charge in [0.15, 0.2) is 0 Å². The maximum atomic E-state index is 14.5. The molecule has 0 bridgehead atoms. The number of amides is 1. The lowest BCUT2D eigenvalue weighted by molar-refractivity contribution is -0.120. The standard InChI is InChI=1S/C37H38N4O2/c1-27(2)35-20-19-31(22-38-35)41(25-30-21-39-40(24-30)23-28-11-5-3-6-12-28)37(42)34-17-9-16-33-32(34)15-10-18-36(33)43-26-29-13-7-4-8-14-29/h3-8,10-15,18-22,24,27,34H,9,16-17,23,25-26H2,1-2H3. The summed E-state index contributed by atoms with van der Waals surface area (Å²) in [5.74, 6) is 1.01. The number of pyridine rings is 1. The van der Waals surface area contributed by atoms with Gasteiger partial charge < -0.3 is 9.64 Å². The van der Waals surface area contributed by atoms with Gasteiger partial charge in [0, 0.05) is 17.5 Å². The van der Waals surface area contributed by atoms with Crippen molar-refractivity contribution in [2.24, 2.45) is 0 Å². The normalized spacial score (nSPS) is 14.3. The number of fused-ring (bicyclic) bond motifs is 1. The number of hydrogen-bond acceptors (Lipinski definition) is 4. The number of ether oxygens (including phenoxy) is 1. The zero-order valence-electron chi connectivity index (χ0n) is 24.9. The molecule has 0 fully saturated rings. The summed E-state index contributed by atoms with van der Waals surface area (Å²) in [5, 5.41) is 4.61. The minimum Gasteiger partial charge on any atom is -0.489 e. The summed E-state index contributed by atoms with van der Waals surface area (Å²) < 4.78 is 8.23. The van der Waals surface area contributed by atoms with Crippen molar-refractivity contribution in [3.05, 3.63) is 143 Å². The molecule has 218 valence electrons. The predicted molar refractivity (Wildman–Crippen MR) is 170 cm³/mol. The van der Waals surface area contributed by atoms with Crippen LogP contribution >= 0.6 is 0 Å². The van der Waals surface area contributed by atoms with Crippen LogP contribution in [0.15, 0.2) is 110 Å². The third-order valence-electron chi connectivity index (χ3n) is 8.15. The topological polar surface area (TPSA) is 60.2 Å². The molecule has 6 rings (SSSR count). The van der Waals surface area contributed by atoms with Gasteiger partial charge in [-0.05, 0) is 65.6 Å². The van der Waals surface area contributed by atoms with E-state index in [-0.39, 0.29) is 11.8 Å². The summed E-state index contributed by atoms with van der Waals surface area (Å²) in [6, 6.07) is 30.7. The Labute approximate surface area is 254 Å². The maximum Gasteiger partial charge on any atom is 0.234 e. The fourth-order valence-corrected chi connectivity index (χ4v) is 5.85. The first-order valence-corrected chi connectivity index (χ1v) is 15.2. The second-order valence-corrected chi connectivity index (χ2v) is 11.6. The molecule has 1 atom stereocenters. The van der Waals surface area contributed by atoms with E-state index in [0.717, 1.165) is 58.6 Å². The number of carbonyl (C=O) groups is 1. The number of anilines is 1.